The SMILES string of the molecule is CC/C(=C(/c1ccccc1)C(C)(O)OC)c1ccccc1. The Hall–Kier alpha value is -1.90. The maximum absolute atomic E-state index is 10.7. The molecule has 0 saturated carbocycles. The number of hydrogen-bond acceptors (Lipinski definition) is 2. The second-order valence-corrected chi connectivity index (χ2v) is 5.13. The highest BCUT2D eigenvalue weighted by Gasteiger charge is 2.29. The van der Waals surface area contributed by atoms with Crippen molar-refractivity contribution in [3.05, 3.63) is 71.8 Å². The molecule has 2 nitrogen and oxygen atoms in total. The van der Waals surface area contributed by atoms with E-state index >= 15 is 0 Å². The molecule has 0 amide bonds. The molecule has 0 bridgehead atoms. The first-order valence-electron chi connectivity index (χ1n) is 7.22. The van der Waals surface area contributed by atoms with Gasteiger partial charge < -0.3 is 9.84 Å². The Labute approximate surface area is 126 Å². The van der Waals surface area contributed by atoms with E-state index in [9.17, 15) is 5.11 Å². The van der Waals surface area contributed by atoms with Crippen molar-refractivity contribution in [2.75, 3.05) is 7.11 Å². The van der Waals surface area contributed by atoms with Crippen LogP contribution in [-0.2, 0) is 4.74 Å². The average Bonchev–Trinajstić information content (AvgIpc) is 2.54. The monoisotopic (exact) mass is 282 g/mol. The van der Waals surface area contributed by atoms with Gasteiger partial charge in [-0.25, -0.2) is 0 Å². The Kier molecular flexibility index (Phi) is 4.94. The molecule has 0 radical (unpaired) electrons. The second kappa shape index (κ2) is 6.70. The molecule has 0 aliphatic heterocycles. The molecule has 2 heteroatoms. The van der Waals surface area contributed by atoms with Gasteiger partial charge in [-0.2, -0.15) is 0 Å². The van der Waals surface area contributed by atoms with Crippen LogP contribution in [0.4, 0.5) is 0 Å². The third-order valence-electron chi connectivity index (χ3n) is 3.70. The van der Waals surface area contributed by atoms with E-state index in [0.717, 1.165) is 28.7 Å². The van der Waals surface area contributed by atoms with E-state index in [1.54, 1.807) is 6.92 Å². The smallest absolute Gasteiger partial charge is 0.189 e. The first-order chi connectivity index (χ1) is 10.1. The van der Waals surface area contributed by atoms with Crippen LogP contribution in [0.1, 0.15) is 31.4 Å². The van der Waals surface area contributed by atoms with Crippen LogP contribution >= 0.6 is 0 Å². The van der Waals surface area contributed by atoms with Crippen LogP contribution in [0.15, 0.2) is 60.7 Å². The predicted molar refractivity (Wildman–Crippen MR) is 87.6 cm³/mol. The summed E-state index contributed by atoms with van der Waals surface area (Å²) < 4.78 is 5.36. The van der Waals surface area contributed by atoms with Crippen molar-refractivity contribution >= 4 is 11.1 Å². The van der Waals surface area contributed by atoms with Gasteiger partial charge in [0.2, 0.25) is 0 Å². The van der Waals surface area contributed by atoms with Crippen molar-refractivity contribution < 1.29 is 9.84 Å². The molecule has 110 valence electrons. The largest absolute Gasteiger partial charge is 0.362 e. The summed E-state index contributed by atoms with van der Waals surface area (Å²) in [5.41, 5.74) is 3.99. The van der Waals surface area contributed by atoms with E-state index in [4.69, 9.17) is 4.74 Å². The van der Waals surface area contributed by atoms with Crippen molar-refractivity contribution in [2.45, 2.75) is 26.1 Å². The maximum Gasteiger partial charge on any atom is 0.189 e. The van der Waals surface area contributed by atoms with Gasteiger partial charge in [0.25, 0.3) is 0 Å². The zero-order valence-electron chi connectivity index (χ0n) is 12.8. The van der Waals surface area contributed by atoms with Gasteiger partial charge in [-0.05, 0) is 30.0 Å². The summed E-state index contributed by atoms with van der Waals surface area (Å²) in [6.45, 7) is 3.78. The van der Waals surface area contributed by atoms with Gasteiger partial charge in [0.05, 0.1) is 0 Å². The van der Waals surface area contributed by atoms with E-state index in [1.165, 1.54) is 7.11 Å². The second-order valence-electron chi connectivity index (χ2n) is 5.13. The molecule has 21 heavy (non-hydrogen) atoms. The summed E-state index contributed by atoms with van der Waals surface area (Å²) in [7, 11) is 1.53. The van der Waals surface area contributed by atoms with Gasteiger partial charge in [0, 0.05) is 12.7 Å². The van der Waals surface area contributed by atoms with Crippen LogP contribution in [0.25, 0.3) is 11.1 Å². The Morgan fingerprint density at radius 1 is 0.952 bits per heavy atom. The number of allylic oxidation sites excluding steroid dienone is 1. The highest BCUT2D eigenvalue weighted by molar-refractivity contribution is 5.93. The Morgan fingerprint density at radius 2 is 1.43 bits per heavy atom. The van der Waals surface area contributed by atoms with Crippen molar-refractivity contribution in [1.82, 2.24) is 0 Å². The average molecular weight is 282 g/mol. The van der Waals surface area contributed by atoms with Crippen LogP contribution in [0.3, 0.4) is 0 Å². The molecule has 0 heterocycles. The minimum Gasteiger partial charge on any atom is -0.362 e. The topological polar surface area (TPSA) is 29.5 Å². The maximum atomic E-state index is 10.7. The fourth-order valence-corrected chi connectivity index (χ4v) is 2.59. The molecular weight excluding hydrogens is 260 g/mol. The van der Waals surface area contributed by atoms with E-state index < -0.39 is 5.79 Å². The van der Waals surface area contributed by atoms with Crippen LogP contribution < -0.4 is 0 Å². The Balaban J connectivity index is 2.70. The first kappa shape index (κ1) is 15.5. The van der Waals surface area contributed by atoms with Crippen LogP contribution in [0.5, 0.6) is 0 Å². The number of benzene rings is 2. The number of rotatable bonds is 5. The summed E-state index contributed by atoms with van der Waals surface area (Å²) in [5, 5.41) is 10.7. The standard InChI is InChI=1S/C19H22O2/c1-4-17(15-11-7-5-8-12-15)18(19(2,20)21-3)16-13-9-6-10-14-16/h5-14,20H,4H2,1-3H3/b18-17+. The highest BCUT2D eigenvalue weighted by Crippen LogP contribution is 2.36. The number of methoxy groups -OCH3 is 1. The molecule has 0 spiro atoms. The number of hydrogen-bond donors (Lipinski definition) is 1. The molecule has 0 fully saturated rings. The van der Waals surface area contributed by atoms with Crippen LogP contribution in [0.2, 0.25) is 0 Å². The van der Waals surface area contributed by atoms with Crippen molar-refractivity contribution in [1.29, 1.82) is 0 Å². The molecule has 1 N–H and O–H groups in total. The van der Waals surface area contributed by atoms with E-state index in [1.807, 2.05) is 48.5 Å². The van der Waals surface area contributed by atoms with Crippen molar-refractivity contribution in [3.63, 3.8) is 0 Å². The number of ether oxygens (including phenoxy) is 1. The third-order valence-corrected chi connectivity index (χ3v) is 3.70. The van der Waals surface area contributed by atoms with Gasteiger partial charge in [0.15, 0.2) is 5.79 Å². The molecule has 2 aromatic rings. The summed E-state index contributed by atoms with van der Waals surface area (Å²) in [6, 6.07) is 20.1. The molecule has 1 unspecified atom stereocenters. The summed E-state index contributed by atoms with van der Waals surface area (Å²) >= 11 is 0. The van der Waals surface area contributed by atoms with Gasteiger partial charge in [-0.15, -0.1) is 0 Å². The Bertz CT molecular complexity index is 598. The van der Waals surface area contributed by atoms with E-state index in [0.29, 0.717) is 0 Å². The fraction of sp³-hybridized carbons (Fsp3) is 0.263. The lowest BCUT2D eigenvalue weighted by molar-refractivity contribution is -0.121. The molecular formula is C19H22O2. The van der Waals surface area contributed by atoms with Gasteiger partial charge in [-0.3, -0.25) is 0 Å². The number of aliphatic hydroxyl groups is 1. The molecule has 2 rings (SSSR count). The van der Waals surface area contributed by atoms with E-state index in [2.05, 4.69) is 19.1 Å². The molecule has 2 aromatic carbocycles. The van der Waals surface area contributed by atoms with Gasteiger partial charge >= 0.3 is 0 Å². The van der Waals surface area contributed by atoms with Crippen molar-refractivity contribution in [2.24, 2.45) is 0 Å². The summed E-state index contributed by atoms with van der Waals surface area (Å²) in [6.07, 6.45) is 0.813. The Morgan fingerprint density at radius 3 is 1.86 bits per heavy atom. The minimum atomic E-state index is -1.33. The lowest BCUT2D eigenvalue weighted by Gasteiger charge is -2.28. The van der Waals surface area contributed by atoms with E-state index in [-0.39, 0.29) is 0 Å². The molecule has 0 saturated heterocycles. The lowest BCUT2D eigenvalue weighted by Crippen LogP contribution is -2.29. The normalized spacial score (nSPS) is 15.2. The third kappa shape index (κ3) is 3.41. The molecule has 0 aliphatic carbocycles. The summed E-state index contributed by atoms with van der Waals surface area (Å²) in [5.74, 6) is -1.33. The van der Waals surface area contributed by atoms with Crippen LogP contribution in [0, 0.1) is 0 Å². The fourth-order valence-electron chi connectivity index (χ4n) is 2.59. The molecule has 0 aliphatic rings. The van der Waals surface area contributed by atoms with Gasteiger partial charge in [0.1, 0.15) is 0 Å². The predicted octanol–water partition coefficient (Wildman–Crippen LogP) is 4.36. The minimum absolute atomic E-state index is 0.813. The van der Waals surface area contributed by atoms with Crippen molar-refractivity contribution in [3.8, 4) is 0 Å². The zero-order valence-corrected chi connectivity index (χ0v) is 12.8. The zero-order chi connectivity index (χ0) is 15.3. The van der Waals surface area contributed by atoms with Crippen LogP contribution in [-0.4, -0.2) is 18.0 Å². The lowest BCUT2D eigenvalue weighted by atomic mass is 9.88. The van der Waals surface area contributed by atoms with Gasteiger partial charge in [-0.1, -0.05) is 67.6 Å². The summed E-state index contributed by atoms with van der Waals surface area (Å²) in [4.78, 5) is 0. The highest BCUT2D eigenvalue weighted by atomic mass is 16.6. The quantitative estimate of drug-likeness (QED) is 0.652. The molecule has 1 atom stereocenters. The first-order valence-corrected chi connectivity index (χ1v) is 7.22. The molecule has 0 aromatic heterocycles.